The van der Waals surface area contributed by atoms with Crippen LogP contribution in [-0.4, -0.2) is 24.2 Å². The molecule has 0 aliphatic heterocycles. The molecule has 1 aromatic carbocycles. The van der Waals surface area contributed by atoms with Crippen molar-refractivity contribution in [2.24, 2.45) is 0 Å². The number of nitrogens with one attached hydrogen (secondary N) is 1. The number of H-pyrrole nitrogens is 1. The molecule has 1 unspecified atom stereocenters. The summed E-state index contributed by atoms with van der Waals surface area (Å²) in [5.74, 6) is 1.08. The average molecular weight is 290 g/mol. The number of hydrogen-bond donors (Lipinski definition) is 3. The van der Waals surface area contributed by atoms with Crippen LogP contribution < -0.4 is 26.5 Å². The number of hydrogen-bond acceptors (Lipinski definition) is 6. The minimum absolute atomic E-state index is 0.00449. The van der Waals surface area contributed by atoms with E-state index in [9.17, 15) is 4.79 Å². The van der Waals surface area contributed by atoms with Gasteiger partial charge >= 0.3 is 0 Å². The molecule has 7 nitrogen and oxygen atoms in total. The smallest absolute Gasteiger partial charge is 0.258 e. The highest BCUT2D eigenvalue weighted by Gasteiger charge is 2.21. The van der Waals surface area contributed by atoms with Crippen LogP contribution in [0, 0.1) is 0 Å². The Balaban J connectivity index is 2.55. The van der Waals surface area contributed by atoms with E-state index in [-0.39, 0.29) is 23.2 Å². The highest BCUT2D eigenvalue weighted by atomic mass is 16.5. The first kappa shape index (κ1) is 14.7. The van der Waals surface area contributed by atoms with Crippen LogP contribution in [0.3, 0.4) is 0 Å². The van der Waals surface area contributed by atoms with Crippen molar-refractivity contribution in [3.05, 3.63) is 39.7 Å². The summed E-state index contributed by atoms with van der Waals surface area (Å²) in [7, 11) is 3.13. The van der Waals surface area contributed by atoms with E-state index in [1.54, 1.807) is 26.4 Å². The largest absolute Gasteiger partial charge is 0.497 e. The third-order valence-electron chi connectivity index (χ3n) is 3.34. The lowest BCUT2D eigenvalue weighted by atomic mass is 9.93. The topological polar surface area (TPSA) is 116 Å². The molecule has 21 heavy (non-hydrogen) atoms. The van der Waals surface area contributed by atoms with Crippen molar-refractivity contribution in [1.82, 2.24) is 9.97 Å². The maximum atomic E-state index is 12.1. The lowest BCUT2D eigenvalue weighted by Crippen LogP contribution is -2.21. The zero-order valence-electron chi connectivity index (χ0n) is 12.1. The van der Waals surface area contributed by atoms with Crippen LogP contribution >= 0.6 is 0 Å². The molecule has 0 amide bonds. The number of anilines is 2. The summed E-state index contributed by atoms with van der Waals surface area (Å²) in [6, 6.07) is 5.38. The number of nitrogen functional groups attached to an aromatic ring is 2. The molecule has 1 aromatic heterocycles. The fourth-order valence-corrected chi connectivity index (χ4v) is 2.27. The Morgan fingerprint density at radius 1 is 1.24 bits per heavy atom. The van der Waals surface area contributed by atoms with E-state index in [0.29, 0.717) is 17.1 Å². The van der Waals surface area contributed by atoms with Crippen LogP contribution in [0.4, 0.5) is 11.8 Å². The fraction of sp³-hybridized carbons (Fsp3) is 0.286. The SMILES string of the molecule is COc1ccc(C(C)c2c(N)nc(N)[nH]c2=O)c(OC)c1. The fourth-order valence-electron chi connectivity index (χ4n) is 2.27. The zero-order chi connectivity index (χ0) is 15.6. The molecule has 2 aromatic rings. The van der Waals surface area contributed by atoms with Crippen molar-refractivity contribution in [3.63, 3.8) is 0 Å². The summed E-state index contributed by atoms with van der Waals surface area (Å²) in [4.78, 5) is 18.4. The molecule has 2 rings (SSSR count). The quantitative estimate of drug-likeness (QED) is 0.776. The van der Waals surface area contributed by atoms with Crippen LogP contribution in [0.5, 0.6) is 11.5 Å². The van der Waals surface area contributed by atoms with E-state index >= 15 is 0 Å². The Labute approximate surface area is 121 Å². The monoisotopic (exact) mass is 290 g/mol. The number of nitrogens with zero attached hydrogens (tertiary/aromatic N) is 1. The van der Waals surface area contributed by atoms with Gasteiger partial charge in [-0.15, -0.1) is 0 Å². The molecular formula is C14H18N4O3. The van der Waals surface area contributed by atoms with Gasteiger partial charge in [-0.3, -0.25) is 9.78 Å². The van der Waals surface area contributed by atoms with E-state index in [0.717, 1.165) is 5.56 Å². The summed E-state index contributed by atoms with van der Waals surface area (Å²) in [5.41, 5.74) is 12.1. The van der Waals surface area contributed by atoms with E-state index in [1.165, 1.54) is 0 Å². The van der Waals surface area contributed by atoms with E-state index < -0.39 is 0 Å². The summed E-state index contributed by atoms with van der Waals surface area (Å²) in [6.07, 6.45) is 0. The number of aromatic nitrogens is 2. The van der Waals surface area contributed by atoms with Gasteiger partial charge in [0.25, 0.3) is 5.56 Å². The zero-order valence-corrected chi connectivity index (χ0v) is 12.1. The van der Waals surface area contributed by atoms with Gasteiger partial charge in [-0.25, -0.2) is 0 Å². The van der Waals surface area contributed by atoms with Gasteiger partial charge < -0.3 is 20.9 Å². The predicted molar refractivity (Wildman–Crippen MR) is 80.7 cm³/mol. The predicted octanol–water partition coefficient (Wildman–Crippen LogP) is 1.10. The number of methoxy groups -OCH3 is 2. The van der Waals surface area contributed by atoms with Crippen LogP contribution in [-0.2, 0) is 0 Å². The van der Waals surface area contributed by atoms with Crippen molar-refractivity contribution >= 4 is 11.8 Å². The molecular weight excluding hydrogens is 272 g/mol. The Bertz CT molecular complexity index is 712. The van der Waals surface area contributed by atoms with Crippen LogP contribution in [0.25, 0.3) is 0 Å². The first-order chi connectivity index (χ1) is 9.97. The maximum Gasteiger partial charge on any atom is 0.258 e. The van der Waals surface area contributed by atoms with Crippen LogP contribution in [0.15, 0.2) is 23.0 Å². The van der Waals surface area contributed by atoms with E-state index in [1.807, 2.05) is 13.0 Å². The number of benzene rings is 1. The molecule has 0 radical (unpaired) electrons. The van der Waals surface area contributed by atoms with Gasteiger partial charge in [0, 0.05) is 17.5 Å². The summed E-state index contributed by atoms with van der Waals surface area (Å²) < 4.78 is 10.5. The molecule has 5 N–H and O–H groups in total. The Hall–Kier alpha value is -2.70. The molecule has 1 heterocycles. The minimum Gasteiger partial charge on any atom is -0.497 e. The molecule has 0 spiro atoms. The van der Waals surface area contributed by atoms with Gasteiger partial charge in [-0.2, -0.15) is 4.98 Å². The van der Waals surface area contributed by atoms with Gasteiger partial charge in [0.1, 0.15) is 17.3 Å². The lowest BCUT2D eigenvalue weighted by Gasteiger charge is -2.17. The second kappa shape index (κ2) is 5.74. The Kier molecular flexibility index (Phi) is 4.02. The lowest BCUT2D eigenvalue weighted by molar-refractivity contribution is 0.390. The van der Waals surface area contributed by atoms with E-state index in [4.69, 9.17) is 20.9 Å². The third-order valence-corrected chi connectivity index (χ3v) is 3.34. The molecule has 0 saturated heterocycles. The Morgan fingerprint density at radius 3 is 2.52 bits per heavy atom. The van der Waals surface area contributed by atoms with Gasteiger partial charge in [0.05, 0.1) is 19.8 Å². The normalized spacial score (nSPS) is 12.0. The molecule has 0 saturated carbocycles. The second-order valence-electron chi connectivity index (χ2n) is 4.58. The maximum absolute atomic E-state index is 12.1. The van der Waals surface area contributed by atoms with Crippen molar-refractivity contribution in [1.29, 1.82) is 0 Å². The van der Waals surface area contributed by atoms with Gasteiger partial charge in [-0.05, 0) is 6.07 Å². The van der Waals surface area contributed by atoms with Crippen molar-refractivity contribution in [2.45, 2.75) is 12.8 Å². The average Bonchev–Trinajstić information content (AvgIpc) is 2.45. The number of nitrogens with two attached hydrogens (primary N) is 2. The molecule has 7 heteroatoms. The first-order valence-electron chi connectivity index (χ1n) is 6.35. The highest BCUT2D eigenvalue weighted by Crippen LogP contribution is 2.34. The van der Waals surface area contributed by atoms with Gasteiger partial charge in [0.2, 0.25) is 5.95 Å². The molecule has 1 atom stereocenters. The number of ether oxygens (including phenoxy) is 2. The van der Waals surface area contributed by atoms with Gasteiger partial charge in [0.15, 0.2) is 0 Å². The first-order valence-corrected chi connectivity index (χ1v) is 6.35. The number of aromatic amines is 1. The molecule has 0 aliphatic rings. The van der Waals surface area contributed by atoms with Gasteiger partial charge in [-0.1, -0.05) is 13.0 Å². The standard InChI is InChI=1S/C14H18N4O3/c1-7(11-12(15)17-14(16)18-13(11)19)9-5-4-8(20-2)6-10(9)21-3/h4-7H,1-3H3,(H5,15,16,17,18,19). The summed E-state index contributed by atoms with van der Waals surface area (Å²) in [5, 5.41) is 0. The molecule has 0 aliphatic carbocycles. The number of rotatable bonds is 4. The highest BCUT2D eigenvalue weighted by molar-refractivity contribution is 5.51. The van der Waals surface area contributed by atoms with Crippen molar-refractivity contribution in [3.8, 4) is 11.5 Å². The molecule has 0 bridgehead atoms. The van der Waals surface area contributed by atoms with Crippen molar-refractivity contribution < 1.29 is 9.47 Å². The molecule has 0 fully saturated rings. The van der Waals surface area contributed by atoms with Crippen molar-refractivity contribution in [2.75, 3.05) is 25.7 Å². The minimum atomic E-state index is -0.356. The molecule has 112 valence electrons. The van der Waals surface area contributed by atoms with Crippen LogP contribution in [0.2, 0.25) is 0 Å². The summed E-state index contributed by atoms with van der Waals surface area (Å²) in [6.45, 7) is 1.85. The Morgan fingerprint density at radius 2 is 1.95 bits per heavy atom. The second-order valence-corrected chi connectivity index (χ2v) is 4.58. The van der Waals surface area contributed by atoms with E-state index in [2.05, 4.69) is 9.97 Å². The summed E-state index contributed by atoms with van der Waals surface area (Å²) >= 11 is 0. The van der Waals surface area contributed by atoms with Crippen LogP contribution in [0.1, 0.15) is 24.0 Å². The third kappa shape index (κ3) is 2.76.